The van der Waals surface area contributed by atoms with E-state index in [1.54, 1.807) is 43.3 Å². The molecule has 0 heterocycles. The smallest absolute Gasteiger partial charge is 0.258 e. The van der Waals surface area contributed by atoms with Gasteiger partial charge >= 0.3 is 0 Å². The van der Waals surface area contributed by atoms with Crippen LogP contribution in [-0.4, -0.2) is 19.1 Å². The van der Waals surface area contributed by atoms with Crippen molar-refractivity contribution in [3.8, 4) is 0 Å². The highest BCUT2D eigenvalue weighted by molar-refractivity contribution is 14.1. The Kier molecular flexibility index (Phi) is 6.16. The highest BCUT2D eigenvalue weighted by Crippen LogP contribution is 2.24. The molecule has 0 aliphatic carbocycles. The summed E-state index contributed by atoms with van der Waals surface area (Å²) < 4.78 is 25.6. The van der Waals surface area contributed by atoms with Crippen molar-refractivity contribution in [3.63, 3.8) is 0 Å². The first kappa shape index (κ1) is 19.4. The Morgan fingerprint density at radius 1 is 1.12 bits per heavy atom. The van der Waals surface area contributed by atoms with Crippen LogP contribution < -0.4 is 0 Å². The number of nitro groups is 1. The molecule has 0 atom stereocenters. The first-order chi connectivity index (χ1) is 11.7. The van der Waals surface area contributed by atoms with Crippen LogP contribution in [0.4, 0.5) is 5.69 Å². The molecular weight excluding hydrogens is 453 g/mol. The lowest BCUT2D eigenvalue weighted by atomic mass is 10.2. The molecule has 0 aliphatic heterocycles. The quantitative estimate of drug-likeness (QED) is 0.275. The molecular formula is C18H16INO4S. The lowest BCUT2D eigenvalue weighted by Crippen LogP contribution is -2.07. The van der Waals surface area contributed by atoms with E-state index in [0.717, 1.165) is 11.1 Å². The number of nitro benzene ring substituents is 1. The second-order valence-electron chi connectivity index (χ2n) is 5.60. The molecule has 0 aliphatic rings. The van der Waals surface area contributed by atoms with E-state index in [0.29, 0.717) is 9.15 Å². The third-order valence-corrected chi connectivity index (χ3v) is 6.14. The maximum absolute atomic E-state index is 12.4. The number of non-ortho nitro benzene ring substituents is 1. The molecule has 0 unspecified atom stereocenters. The fraction of sp³-hybridized carbons (Fsp3) is 0.167. The average Bonchev–Trinajstić information content (AvgIpc) is 2.54. The van der Waals surface area contributed by atoms with E-state index in [9.17, 15) is 18.5 Å². The SMILES string of the molecule is CC(=C=C(I)c1ccc([N+](=O)[O-])cc1)CS(=O)(=O)c1ccc(C)cc1. The Balaban J connectivity index is 2.28. The van der Waals surface area contributed by atoms with E-state index >= 15 is 0 Å². The zero-order valence-corrected chi connectivity index (χ0v) is 16.7. The van der Waals surface area contributed by atoms with Gasteiger partial charge in [-0.15, -0.1) is 5.73 Å². The zero-order chi connectivity index (χ0) is 18.6. The van der Waals surface area contributed by atoms with E-state index in [4.69, 9.17) is 0 Å². The van der Waals surface area contributed by atoms with Crippen LogP contribution in [0, 0.1) is 17.0 Å². The summed E-state index contributed by atoms with van der Waals surface area (Å²) in [5.41, 5.74) is 5.38. The molecule has 2 aromatic rings. The van der Waals surface area contributed by atoms with Gasteiger partial charge in [-0.25, -0.2) is 8.42 Å². The number of hydrogen-bond donors (Lipinski definition) is 0. The third-order valence-electron chi connectivity index (χ3n) is 3.44. The summed E-state index contributed by atoms with van der Waals surface area (Å²) in [6.45, 7) is 3.60. The molecule has 0 N–H and O–H groups in total. The molecule has 0 radical (unpaired) electrons. The van der Waals surface area contributed by atoms with Crippen molar-refractivity contribution in [3.05, 3.63) is 81.1 Å². The van der Waals surface area contributed by atoms with Gasteiger partial charge in [0.1, 0.15) is 0 Å². The summed E-state index contributed by atoms with van der Waals surface area (Å²) in [6.07, 6.45) is 0. The lowest BCUT2D eigenvalue weighted by molar-refractivity contribution is -0.384. The number of sulfone groups is 1. The number of rotatable bonds is 5. The molecule has 25 heavy (non-hydrogen) atoms. The summed E-state index contributed by atoms with van der Waals surface area (Å²) in [7, 11) is -3.43. The van der Waals surface area contributed by atoms with Crippen LogP contribution in [0.3, 0.4) is 0 Å². The standard InChI is InChI=1S/C18H16INO4S/c1-13-3-9-17(10-4-13)25(23,24)12-14(2)11-18(19)15-5-7-16(8-6-15)20(21)22/h3-10H,12H2,1-2H3. The average molecular weight is 469 g/mol. The Hall–Kier alpha value is -1.96. The van der Waals surface area contributed by atoms with Crippen LogP contribution in [0.2, 0.25) is 0 Å². The second kappa shape index (κ2) is 7.95. The molecule has 0 saturated carbocycles. The predicted molar refractivity (Wildman–Crippen MR) is 106 cm³/mol. The van der Waals surface area contributed by atoms with Gasteiger partial charge in [-0.05, 0) is 71.8 Å². The van der Waals surface area contributed by atoms with Crippen LogP contribution in [-0.2, 0) is 9.84 Å². The maximum atomic E-state index is 12.4. The first-order valence-electron chi connectivity index (χ1n) is 7.35. The third kappa shape index (κ3) is 5.26. The second-order valence-corrected chi connectivity index (χ2v) is 8.66. The number of hydrogen-bond acceptors (Lipinski definition) is 4. The van der Waals surface area contributed by atoms with E-state index in [1.165, 1.54) is 12.1 Å². The van der Waals surface area contributed by atoms with E-state index < -0.39 is 14.8 Å². The Morgan fingerprint density at radius 2 is 1.68 bits per heavy atom. The highest BCUT2D eigenvalue weighted by atomic mass is 127. The molecule has 130 valence electrons. The lowest BCUT2D eigenvalue weighted by Gasteiger charge is -2.04. The normalized spacial score (nSPS) is 10.8. The summed E-state index contributed by atoms with van der Waals surface area (Å²) in [5, 5.41) is 10.7. The molecule has 0 saturated heterocycles. The maximum Gasteiger partial charge on any atom is 0.269 e. The molecule has 2 aromatic carbocycles. The Labute approximate surface area is 160 Å². The van der Waals surface area contributed by atoms with E-state index in [-0.39, 0.29) is 16.3 Å². The molecule has 7 heteroatoms. The molecule has 0 aromatic heterocycles. The van der Waals surface area contributed by atoms with Crippen LogP contribution in [0.5, 0.6) is 0 Å². The van der Waals surface area contributed by atoms with E-state index in [2.05, 4.69) is 5.73 Å². The summed E-state index contributed by atoms with van der Waals surface area (Å²) in [6, 6.07) is 12.8. The van der Waals surface area contributed by atoms with E-state index in [1.807, 2.05) is 29.5 Å². The molecule has 0 spiro atoms. The van der Waals surface area contributed by atoms with Crippen molar-refractivity contribution in [2.45, 2.75) is 18.7 Å². The van der Waals surface area contributed by atoms with Gasteiger partial charge in [0.15, 0.2) is 9.84 Å². The van der Waals surface area contributed by atoms with Gasteiger partial charge in [0, 0.05) is 12.1 Å². The zero-order valence-electron chi connectivity index (χ0n) is 13.7. The van der Waals surface area contributed by atoms with Crippen molar-refractivity contribution in [1.29, 1.82) is 0 Å². The monoisotopic (exact) mass is 469 g/mol. The van der Waals surface area contributed by atoms with Crippen LogP contribution in [0.15, 0.2) is 64.7 Å². The van der Waals surface area contributed by atoms with Crippen molar-refractivity contribution >= 4 is 41.7 Å². The Morgan fingerprint density at radius 3 is 2.20 bits per heavy atom. The van der Waals surface area contributed by atoms with Crippen LogP contribution in [0.25, 0.3) is 3.58 Å². The molecule has 0 bridgehead atoms. The van der Waals surface area contributed by atoms with Crippen molar-refractivity contribution in [2.75, 3.05) is 5.75 Å². The highest BCUT2D eigenvalue weighted by Gasteiger charge is 2.15. The minimum Gasteiger partial charge on any atom is -0.258 e. The molecule has 5 nitrogen and oxygen atoms in total. The van der Waals surface area contributed by atoms with Gasteiger partial charge in [0.05, 0.1) is 19.2 Å². The van der Waals surface area contributed by atoms with Gasteiger partial charge in [0.25, 0.3) is 5.69 Å². The topological polar surface area (TPSA) is 77.3 Å². The van der Waals surface area contributed by atoms with Crippen molar-refractivity contribution in [2.24, 2.45) is 0 Å². The van der Waals surface area contributed by atoms with Crippen LogP contribution >= 0.6 is 22.6 Å². The van der Waals surface area contributed by atoms with Gasteiger partial charge in [0.2, 0.25) is 0 Å². The fourth-order valence-electron chi connectivity index (χ4n) is 2.14. The number of halogens is 1. The minimum atomic E-state index is -3.43. The summed E-state index contributed by atoms with van der Waals surface area (Å²) in [4.78, 5) is 10.5. The largest absolute Gasteiger partial charge is 0.269 e. The summed E-state index contributed by atoms with van der Waals surface area (Å²) >= 11 is 2.04. The number of benzene rings is 2. The Bertz CT molecular complexity index is 955. The van der Waals surface area contributed by atoms with Gasteiger partial charge in [-0.3, -0.25) is 10.1 Å². The predicted octanol–water partition coefficient (Wildman–Crippen LogP) is 4.70. The van der Waals surface area contributed by atoms with Gasteiger partial charge in [-0.1, -0.05) is 17.7 Å². The summed E-state index contributed by atoms with van der Waals surface area (Å²) in [5.74, 6) is -0.129. The van der Waals surface area contributed by atoms with Crippen LogP contribution in [0.1, 0.15) is 18.1 Å². The van der Waals surface area contributed by atoms with Crippen molar-refractivity contribution in [1.82, 2.24) is 0 Å². The fourth-order valence-corrected chi connectivity index (χ4v) is 4.32. The van der Waals surface area contributed by atoms with Gasteiger partial charge in [-0.2, -0.15) is 0 Å². The first-order valence-corrected chi connectivity index (χ1v) is 10.1. The molecule has 2 rings (SSSR count). The molecule has 0 fully saturated rings. The van der Waals surface area contributed by atoms with Crippen molar-refractivity contribution < 1.29 is 13.3 Å². The molecule has 0 amide bonds. The number of aryl methyl sites for hydroxylation is 1. The van der Waals surface area contributed by atoms with Gasteiger partial charge < -0.3 is 0 Å². The number of nitrogens with zero attached hydrogens (tertiary/aromatic N) is 1. The minimum absolute atomic E-state index is 0.00982.